The van der Waals surface area contributed by atoms with Crippen LogP contribution in [0.25, 0.3) is 0 Å². The second kappa shape index (κ2) is 5.59. The van der Waals surface area contributed by atoms with Gasteiger partial charge >= 0.3 is 6.09 Å². The minimum Gasteiger partial charge on any atom is -0.444 e. The number of nitrogens with two attached hydrogens (primary N) is 1. The lowest BCUT2D eigenvalue weighted by molar-refractivity contribution is 0.0636. The minimum absolute atomic E-state index is 0.228. The van der Waals surface area contributed by atoms with Crippen molar-refractivity contribution in [3.63, 3.8) is 0 Å². The van der Waals surface area contributed by atoms with Gasteiger partial charge in [0.05, 0.1) is 0 Å². The highest BCUT2D eigenvalue weighted by Crippen LogP contribution is 2.25. The fourth-order valence-electron chi connectivity index (χ4n) is 1.44. The number of amides is 1. The summed E-state index contributed by atoms with van der Waals surface area (Å²) in [6, 6.07) is 4.91. The van der Waals surface area contributed by atoms with E-state index in [0.717, 1.165) is 5.56 Å². The Morgan fingerprint density at radius 2 is 2.06 bits per heavy atom. The van der Waals surface area contributed by atoms with Gasteiger partial charge in [0.25, 0.3) is 0 Å². The second-order valence-corrected chi connectivity index (χ2v) is 5.58. The summed E-state index contributed by atoms with van der Waals surface area (Å²) in [5.41, 5.74) is 6.69. The summed E-state index contributed by atoms with van der Waals surface area (Å²) in [5.74, 6) is 0. The lowest BCUT2D eigenvalue weighted by Gasteiger charge is -2.21. The van der Waals surface area contributed by atoms with E-state index in [4.69, 9.17) is 22.1 Å². The van der Waals surface area contributed by atoms with Gasteiger partial charge in [0, 0.05) is 16.8 Å². The summed E-state index contributed by atoms with van der Waals surface area (Å²) < 4.78 is 5.18. The molecule has 1 rings (SSSR count). The molecule has 0 aromatic heterocycles. The molecule has 0 bridgehead atoms. The maximum atomic E-state index is 11.7. The number of benzene rings is 1. The molecule has 0 spiro atoms. The average molecular weight is 271 g/mol. The van der Waals surface area contributed by atoms with Crippen LogP contribution in [-0.4, -0.2) is 11.7 Å². The standard InChI is InChI=1S/C13H19ClN2O2/c1-8(15)10-7-9(14)5-6-11(10)16-12(17)18-13(2,3)4/h5-8H,15H2,1-4H3,(H,16,17). The first kappa shape index (κ1) is 14.8. The van der Waals surface area contributed by atoms with E-state index in [2.05, 4.69) is 5.32 Å². The average Bonchev–Trinajstić information content (AvgIpc) is 2.17. The SMILES string of the molecule is CC(N)c1cc(Cl)ccc1NC(=O)OC(C)(C)C. The Bertz CT molecular complexity index is 439. The van der Waals surface area contributed by atoms with Crippen LogP contribution in [-0.2, 0) is 4.74 Å². The third-order valence-corrected chi connectivity index (χ3v) is 2.37. The fraction of sp³-hybridized carbons (Fsp3) is 0.462. The summed E-state index contributed by atoms with van der Waals surface area (Å²) in [4.78, 5) is 11.7. The van der Waals surface area contributed by atoms with Crippen molar-refractivity contribution in [1.29, 1.82) is 0 Å². The van der Waals surface area contributed by atoms with Crippen molar-refractivity contribution in [3.05, 3.63) is 28.8 Å². The van der Waals surface area contributed by atoms with Gasteiger partial charge in [0.1, 0.15) is 5.60 Å². The highest BCUT2D eigenvalue weighted by molar-refractivity contribution is 6.30. The molecule has 1 unspecified atom stereocenters. The van der Waals surface area contributed by atoms with Gasteiger partial charge in [-0.1, -0.05) is 11.6 Å². The largest absolute Gasteiger partial charge is 0.444 e. The Kier molecular flexibility index (Phi) is 4.59. The monoisotopic (exact) mass is 270 g/mol. The summed E-state index contributed by atoms with van der Waals surface area (Å²) in [5, 5.41) is 3.26. The highest BCUT2D eigenvalue weighted by Gasteiger charge is 2.17. The minimum atomic E-state index is -0.537. The number of carbonyl (C=O) groups is 1. The number of nitrogens with one attached hydrogen (secondary N) is 1. The molecular formula is C13H19ClN2O2. The van der Waals surface area contributed by atoms with Gasteiger partial charge in [-0.3, -0.25) is 5.32 Å². The molecule has 100 valence electrons. The van der Waals surface area contributed by atoms with Crippen LogP contribution in [0.5, 0.6) is 0 Å². The number of anilines is 1. The van der Waals surface area contributed by atoms with E-state index in [0.29, 0.717) is 10.7 Å². The first-order chi connectivity index (χ1) is 8.19. The Hall–Kier alpha value is -1.26. The van der Waals surface area contributed by atoms with E-state index in [1.807, 2.05) is 6.92 Å². The molecule has 3 N–H and O–H groups in total. The molecule has 1 amide bonds. The Morgan fingerprint density at radius 1 is 1.44 bits per heavy atom. The Labute approximate surface area is 112 Å². The van der Waals surface area contributed by atoms with Crippen LogP contribution in [0.4, 0.5) is 10.5 Å². The van der Waals surface area contributed by atoms with Crippen LogP contribution in [0.2, 0.25) is 5.02 Å². The smallest absolute Gasteiger partial charge is 0.412 e. The summed E-state index contributed by atoms with van der Waals surface area (Å²) in [7, 11) is 0. The quantitative estimate of drug-likeness (QED) is 0.861. The lowest BCUT2D eigenvalue weighted by Crippen LogP contribution is -2.27. The van der Waals surface area contributed by atoms with Gasteiger partial charge in [-0.25, -0.2) is 4.79 Å². The van der Waals surface area contributed by atoms with Crippen LogP contribution in [0.3, 0.4) is 0 Å². The zero-order valence-corrected chi connectivity index (χ0v) is 11.8. The Morgan fingerprint density at radius 3 is 2.56 bits per heavy atom. The molecular weight excluding hydrogens is 252 g/mol. The number of rotatable bonds is 2. The molecule has 0 aliphatic rings. The molecule has 0 aliphatic carbocycles. The fourth-order valence-corrected chi connectivity index (χ4v) is 1.62. The normalized spacial score (nSPS) is 13.0. The molecule has 0 aliphatic heterocycles. The predicted octanol–water partition coefficient (Wildman–Crippen LogP) is 3.71. The van der Waals surface area contributed by atoms with Crippen LogP contribution < -0.4 is 11.1 Å². The van der Waals surface area contributed by atoms with Crippen molar-refractivity contribution < 1.29 is 9.53 Å². The molecule has 1 aromatic rings. The van der Waals surface area contributed by atoms with Crippen molar-refractivity contribution in [2.45, 2.75) is 39.3 Å². The van der Waals surface area contributed by atoms with E-state index in [1.165, 1.54) is 0 Å². The summed E-state index contributed by atoms with van der Waals surface area (Å²) >= 11 is 5.90. The van der Waals surface area contributed by atoms with Gasteiger partial charge in [0.15, 0.2) is 0 Å². The van der Waals surface area contributed by atoms with E-state index >= 15 is 0 Å². The van der Waals surface area contributed by atoms with Crippen LogP contribution in [0, 0.1) is 0 Å². The number of halogens is 1. The van der Waals surface area contributed by atoms with Gasteiger partial charge < -0.3 is 10.5 Å². The van der Waals surface area contributed by atoms with Gasteiger partial charge in [-0.05, 0) is 51.5 Å². The predicted molar refractivity (Wildman–Crippen MR) is 73.9 cm³/mol. The van der Waals surface area contributed by atoms with Crippen molar-refractivity contribution in [2.24, 2.45) is 5.73 Å². The summed E-state index contributed by atoms with van der Waals surface area (Å²) in [6.07, 6.45) is -0.508. The first-order valence-electron chi connectivity index (χ1n) is 5.74. The van der Waals surface area contributed by atoms with Crippen molar-refractivity contribution in [1.82, 2.24) is 0 Å². The molecule has 5 heteroatoms. The number of hydrogen-bond acceptors (Lipinski definition) is 3. The summed E-state index contributed by atoms with van der Waals surface area (Å²) in [6.45, 7) is 7.24. The maximum Gasteiger partial charge on any atom is 0.412 e. The molecule has 1 atom stereocenters. The van der Waals surface area contributed by atoms with E-state index in [9.17, 15) is 4.79 Å². The lowest BCUT2D eigenvalue weighted by atomic mass is 10.1. The zero-order chi connectivity index (χ0) is 13.9. The van der Waals surface area contributed by atoms with Gasteiger partial charge in [-0.15, -0.1) is 0 Å². The molecule has 1 aromatic carbocycles. The number of carbonyl (C=O) groups excluding carboxylic acids is 1. The molecule has 0 heterocycles. The second-order valence-electron chi connectivity index (χ2n) is 5.15. The van der Waals surface area contributed by atoms with Crippen molar-refractivity contribution >= 4 is 23.4 Å². The Balaban J connectivity index is 2.88. The maximum absolute atomic E-state index is 11.7. The van der Waals surface area contributed by atoms with Gasteiger partial charge in [-0.2, -0.15) is 0 Å². The van der Waals surface area contributed by atoms with Crippen LogP contribution in [0.1, 0.15) is 39.3 Å². The molecule has 0 saturated heterocycles. The topological polar surface area (TPSA) is 64.3 Å². The van der Waals surface area contributed by atoms with E-state index < -0.39 is 11.7 Å². The first-order valence-corrected chi connectivity index (χ1v) is 6.12. The van der Waals surface area contributed by atoms with E-state index in [1.54, 1.807) is 39.0 Å². The number of hydrogen-bond donors (Lipinski definition) is 2. The molecule has 0 saturated carbocycles. The van der Waals surface area contributed by atoms with E-state index in [-0.39, 0.29) is 6.04 Å². The molecule has 4 nitrogen and oxygen atoms in total. The van der Waals surface area contributed by atoms with Gasteiger partial charge in [0.2, 0.25) is 0 Å². The number of ether oxygens (including phenoxy) is 1. The van der Waals surface area contributed by atoms with Crippen molar-refractivity contribution in [3.8, 4) is 0 Å². The third kappa shape index (κ3) is 4.55. The highest BCUT2D eigenvalue weighted by atomic mass is 35.5. The molecule has 0 radical (unpaired) electrons. The third-order valence-electron chi connectivity index (χ3n) is 2.14. The zero-order valence-electron chi connectivity index (χ0n) is 11.1. The van der Waals surface area contributed by atoms with Crippen molar-refractivity contribution in [2.75, 3.05) is 5.32 Å². The molecule has 0 fully saturated rings. The molecule has 18 heavy (non-hydrogen) atoms. The van der Waals surface area contributed by atoms with Crippen LogP contribution >= 0.6 is 11.6 Å². The van der Waals surface area contributed by atoms with Crippen LogP contribution in [0.15, 0.2) is 18.2 Å².